The van der Waals surface area contributed by atoms with Crippen molar-refractivity contribution in [1.82, 2.24) is 4.98 Å². The minimum absolute atomic E-state index is 0.0661. The highest BCUT2D eigenvalue weighted by Gasteiger charge is 2.37. The number of pyridine rings is 1. The quantitative estimate of drug-likeness (QED) is 0.197. The molecule has 2 nitrogen and oxygen atoms in total. The summed E-state index contributed by atoms with van der Waals surface area (Å²) in [7, 11) is 0. The maximum absolute atomic E-state index is 5.14. The summed E-state index contributed by atoms with van der Waals surface area (Å²) in [4.78, 5) is 7.56. The topological polar surface area (TPSA) is 16.1 Å². The summed E-state index contributed by atoms with van der Waals surface area (Å²) in [6.45, 7) is 4.81. The summed E-state index contributed by atoms with van der Waals surface area (Å²) in [6, 6.07) is 55.3. The summed E-state index contributed by atoms with van der Waals surface area (Å²) in [6.07, 6.45) is 0. The van der Waals surface area contributed by atoms with Crippen LogP contribution < -0.4 is 21.3 Å². The Bertz CT molecular complexity index is 2220. The predicted octanol–water partition coefficient (Wildman–Crippen LogP) is 8.51. The van der Waals surface area contributed by atoms with Gasteiger partial charge < -0.3 is 4.90 Å². The highest BCUT2D eigenvalue weighted by molar-refractivity contribution is 6.99. The summed E-state index contributed by atoms with van der Waals surface area (Å²) in [5, 5.41) is 1.19. The fourth-order valence-corrected chi connectivity index (χ4v) is 7.71. The van der Waals surface area contributed by atoms with Gasteiger partial charge in [0.05, 0.1) is 22.6 Å². The van der Waals surface area contributed by atoms with Crippen LogP contribution in [0.5, 0.6) is 0 Å². The molecule has 0 radical (unpaired) electrons. The van der Waals surface area contributed by atoms with Crippen LogP contribution in [0.15, 0.2) is 152 Å². The van der Waals surface area contributed by atoms with Crippen LogP contribution in [0.3, 0.4) is 0 Å². The van der Waals surface area contributed by atoms with Crippen molar-refractivity contribution in [2.24, 2.45) is 0 Å². The molecule has 0 fully saturated rings. The van der Waals surface area contributed by atoms with Gasteiger partial charge in [-0.25, -0.2) is 4.98 Å². The molecule has 0 unspecified atom stereocenters. The number of aromatic nitrogens is 1. The largest absolute Gasteiger partial charge is 0.310 e. The van der Waals surface area contributed by atoms with Gasteiger partial charge in [0.15, 0.2) is 0 Å². The predicted molar refractivity (Wildman–Crippen MR) is 191 cm³/mol. The van der Waals surface area contributed by atoms with Crippen molar-refractivity contribution >= 4 is 51.1 Å². The van der Waals surface area contributed by atoms with Crippen molar-refractivity contribution in [3.05, 3.63) is 163 Å². The molecule has 2 aliphatic heterocycles. The zero-order valence-electron chi connectivity index (χ0n) is 25.4. The summed E-state index contributed by atoms with van der Waals surface area (Å²) in [5.74, 6) is 0. The SMILES string of the molecule is CC1(C)c2ccccc2N(c2ccc(-c3cccc(B4c5ccccc5-c5nc6ccccc6cc54)c3)cc2)c2ccccc21. The van der Waals surface area contributed by atoms with Crippen LogP contribution in [-0.4, -0.2) is 11.7 Å². The zero-order chi connectivity index (χ0) is 30.1. The summed E-state index contributed by atoms with van der Waals surface area (Å²) < 4.78 is 0. The molecule has 45 heavy (non-hydrogen) atoms. The molecule has 9 rings (SSSR count). The van der Waals surface area contributed by atoms with E-state index in [0.29, 0.717) is 0 Å². The van der Waals surface area contributed by atoms with Gasteiger partial charge in [-0.3, -0.25) is 0 Å². The van der Waals surface area contributed by atoms with Gasteiger partial charge in [0.2, 0.25) is 6.71 Å². The lowest BCUT2D eigenvalue weighted by atomic mass is 9.39. The van der Waals surface area contributed by atoms with Crippen molar-refractivity contribution in [3.63, 3.8) is 0 Å². The van der Waals surface area contributed by atoms with Gasteiger partial charge in [0, 0.05) is 11.1 Å². The average molecular weight is 575 g/mol. The Labute approximate surface area is 264 Å². The molecule has 1 aromatic heterocycles. The van der Waals surface area contributed by atoms with Crippen molar-refractivity contribution in [2.75, 3.05) is 4.90 Å². The van der Waals surface area contributed by atoms with Gasteiger partial charge in [-0.2, -0.15) is 0 Å². The van der Waals surface area contributed by atoms with Gasteiger partial charge in [0.25, 0.3) is 0 Å². The number of rotatable bonds is 3. The fraction of sp³-hybridized carbons (Fsp3) is 0.0714. The molecule has 3 heteroatoms. The summed E-state index contributed by atoms with van der Waals surface area (Å²) in [5.41, 5.74) is 16.0. The smallest absolute Gasteiger partial charge is 0.244 e. The molecule has 2 aliphatic rings. The second-order valence-corrected chi connectivity index (χ2v) is 12.8. The minimum atomic E-state index is -0.0661. The van der Waals surface area contributed by atoms with Gasteiger partial charge >= 0.3 is 0 Å². The third-order valence-electron chi connectivity index (χ3n) is 9.91. The number of fused-ring (bicyclic) bond motifs is 6. The number of nitrogens with zero attached hydrogens (tertiary/aromatic N) is 2. The molecule has 212 valence electrons. The first-order chi connectivity index (χ1) is 22.1. The Kier molecular flexibility index (Phi) is 5.67. The maximum Gasteiger partial charge on any atom is 0.244 e. The standard InChI is InChI=1S/C42H31BN2/c1-42(2)34-16-5-9-20-39(34)45(40-21-10-6-17-35(40)42)32-24-22-28(23-25-32)29-13-11-14-31(26-29)43-36-18-7-4-15-33(36)41-37(43)27-30-12-3-8-19-38(30)44-41/h3-27H,1-2H3. The van der Waals surface area contributed by atoms with Gasteiger partial charge in [-0.05, 0) is 69.0 Å². The molecule has 0 bridgehead atoms. The summed E-state index contributed by atoms with van der Waals surface area (Å²) >= 11 is 0. The van der Waals surface area contributed by atoms with E-state index in [1.165, 1.54) is 66.7 Å². The Balaban J connectivity index is 1.12. The van der Waals surface area contributed by atoms with Crippen molar-refractivity contribution in [3.8, 4) is 22.4 Å². The normalized spacial score (nSPS) is 14.1. The van der Waals surface area contributed by atoms with Crippen molar-refractivity contribution in [2.45, 2.75) is 19.3 Å². The maximum atomic E-state index is 5.14. The van der Waals surface area contributed by atoms with Crippen molar-refractivity contribution < 1.29 is 0 Å². The molecule has 0 atom stereocenters. The van der Waals surface area contributed by atoms with E-state index < -0.39 is 0 Å². The average Bonchev–Trinajstić information content (AvgIpc) is 3.41. The van der Waals surface area contributed by atoms with Crippen LogP contribution in [0, 0.1) is 0 Å². The first-order valence-electron chi connectivity index (χ1n) is 15.8. The van der Waals surface area contributed by atoms with Gasteiger partial charge in [-0.1, -0.05) is 146 Å². The molecule has 0 amide bonds. The van der Waals surface area contributed by atoms with E-state index in [4.69, 9.17) is 4.98 Å². The third kappa shape index (κ3) is 3.94. The van der Waals surface area contributed by atoms with Crippen LogP contribution in [0.4, 0.5) is 17.1 Å². The number of hydrogen-bond acceptors (Lipinski definition) is 2. The van der Waals surface area contributed by atoms with Crippen molar-refractivity contribution in [1.29, 1.82) is 0 Å². The Morgan fingerprint density at radius 2 is 1.22 bits per heavy atom. The molecule has 0 N–H and O–H groups in total. The molecule has 6 aromatic carbocycles. The molecule has 0 saturated heterocycles. The molecule has 0 saturated carbocycles. The first-order valence-corrected chi connectivity index (χ1v) is 15.8. The highest BCUT2D eigenvalue weighted by atomic mass is 15.2. The number of hydrogen-bond donors (Lipinski definition) is 0. The van der Waals surface area contributed by atoms with Gasteiger partial charge in [-0.15, -0.1) is 0 Å². The fourth-order valence-electron chi connectivity index (χ4n) is 7.71. The minimum Gasteiger partial charge on any atom is -0.310 e. The molecular weight excluding hydrogens is 543 g/mol. The second-order valence-electron chi connectivity index (χ2n) is 12.8. The lowest BCUT2D eigenvalue weighted by Crippen LogP contribution is -2.48. The van der Waals surface area contributed by atoms with E-state index in [-0.39, 0.29) is 12.1 Å². The van der Waals surface area contributed by atoms with Crippen LogP contribution in [0.25, 0.3) is 33.3 Å². The third-order valence-corrected chi connectivity index (χ3v) is 9.91. The monoisotopic (exact) mass is 574 g/mol. The molecule has 3 heterocycles. The number of anilines is 3. The van der Waals surface area contributed by atoms with E-state index in [1.54, 1.807) is 0 Å². The van der Waals surface area contributed by atoms with E-state index >= 15 is 0 Å². The van der Waals surface area contributed by atoms with Crippen LogP contribution in [0.2, 0.25) is 0 Å². The lowest BCUT2D eigenvalue weighted by molar-refractivity contribution is 0.632. The Morgan fingerprint density at radius 3 is 2.00 bits per heavy atom. The van der Waals surface area contributed by atoms with Crippen LogP contribution >= 0.6 is 0 Å². The highest BCUT2D eigenvalue weighted by Crippen LogP contribution is 2.51. The second kappa shape index (κ2) is 9.80. The van der Waals surface area contributed by atoms with Gasteiger partial charge in [0.1, 0.15) is 0 Å². The van der Waals surface area contributed by atoms with E-state index in [2.05, 4.69) is 170 Å². The molecule has 0 aliphatic carbocycles. The van der Waals surface area contributed by atoms with E-state index in [1.807, 2.05) is 0 Å². The van der Waals surface area contributed by atoms with E-state index in [0.717, 1.165) is 11.2 Å². The molecular formula is C42H31BN2. The van der Waals surface area contributed by atoms with Crippen LogP contribution in [-0.2, 0) is 5.41 Å². The number of para-hydroxylation sites is 3. The zero-order valence-corrected chi connectivity index (χ0v) is 25.4. The molecule has 7 aromatic rings. The Morgan fingerprint density at radius 1 is 0.556 bits per heavy atom. The lowest BCUT2D eigenvalue weighted by Gasteiger charge is -2.42. The first kappa shape index (κ1) is 26.0. The Hall–Kier alpha value is -5.41. The van der Waals surface area contributed by atoms with Crippen LogP contribution in [0.1, 0.15) is 25.0 Å². The number of benzene rings is 6. The van der Waals surface area contributed by atoms with E-state index in [9.17, 15) is 0 Å². The molecule has 0 spiro atoms.